The van der Waals surface area contributed by atoms with Crippen molar-refractivity contribution in [3.05, 3.63) is 12.2 Å². The third kappa shape index (κ3) is 4.85. The molecular formula is C8H13ClO2. The van der Waals surface area contributed by atoms with Crippen LogP contribution in [0.2, 0.25) is 0 Å². The molecule has 0 fully saturated rings. The van der Waals surface area contributed by atoms with Gasteiger partial charge in [-0.2, -0.15) is 0 Å². The van der Waals surface area contributed by atoms with Gasteiger partial charge in [-0.3, -0.25) is 0 Å². The number of ether oxygens (including phenoxy) is 1. The molecule has 3 heteroatoms. The van der Waals surface area contributed by atoms with Gasteiger partial charge in [-0.1, -0.05) is 13.5 Å². The first-order valence-electron chi connectivity index (χ1n) is 3.54. The smallest absolute Gasteiger partial charge is 0.333 e. The van der Waals surface area contributed by atoms with Gasteiger partial charge in [0.15, 0.2) is 0 Å². The maximum atomic E-state index is 10.8. The lowest BCUT2D eigenvalue weighted by molar-refractivity contribution is -0.138. The van der Waals surface area contributed by atoms with Crippen molar-refractivity contribution >= 4 is 17.6 Å². The van der Waals surface area contributed by atoms with E-state index in [0.717, 1.165) is 6.42 Å². The second-order valence-corrected chi connectivity index (χ2v) is 3.00. The number of alkyl halides is 1. The van der Waals surface area contributed by atoms with E-state index in [-0.39, 0.29) is 18.0 Å². The first kappa shape index (κ1) is 10.5. The average molecular weight is 177 g/mol. The summed E-state index contributed by atoms with van der Waals surface area (Å²) in [6.07, 6.45) is 0.797. The van der Waals surface area contributed by atoms with Crippen LogP contribution in [0.5, 0.6) is 0 Å². The zero-order chi connectivity index (χ0) is 8.85. The molecule has 0 amide bonds. The van der Waals surface area contributed by atoms with Gasteiger partial charge in [0.1, 0.15) is 6.61 Å². The van der Waals surface area contributed by atoms with Crippen molar-refractivity contribution in [2.45, 2.75) is 25.6 Å². The number of carbonyl (C=O) groups is 1. The van der Waals surface area contributed by atoms with E-state index in [1.807, 2.05) is 6.92 Å². The summed E-state index contributed by atoms with van der Waals surface area (Å²) in [5.74, 6) is -0.371. The molecule has 0 rings (SSSR count). The second kappa shape index (κ2) is 5.19. The molecule has 0 saturated heterocycles. The highest BCUT2D eigenvalue weighted by Crippen LogP contribution is 2.02. The summed E-state index contributed by atoms with van der Waals surface area (Å²) in [5, 5.41) is -0.0849. The first-order valence-corrected chi connectivity index (χ1v) is 3.98. The fraction of sp³-hybridized carbons (Fsp3) is 0.625. The van der Waals surface area contributed by atoms with Gasteiger partial charge in [0.25, 0.3) is 0 Å². The highest BCUT2D eigenvalue weighted by Gasteiger charge is 2.06. The molecule has 64 valence electrons. The third-order valence-corrected chi connectivity index (χ3v) is 1.62. The van der Waals surface area contributed by atoms with Gasteiger partial charge in [0, 0.05) is 5.57 Å². The fourth-order valence-corrected chi connectivity index (χ4v) is 0.470. The SMILES string of the molecule is C=C(C)C(=O)OCC(Cl)CC. The molecule has 0 aromatic carbocycles. The van der Waals surface area contributed by atoms with Crippen LogP contribution in [-0.4, -0.2) is 18.0 Å². The number of esters is 1. The highest BCUT2D eigenvalue weighted by atomic mass is 35.5. The van der Waals surface area contributed by atoms with Crippen LogP contribution in [-0.2, 0) is 9.53 Å². The number of rotatable bonds is 4. The Hall–Kier alpha value is -0.500. The Kier molecular flexibility index (Phi) is 4.95. The van der Waals surface area contributed by atoms with Gasteiger partial charge in [-0.05, 0) is 13.3 Å². The molecule has 0 aromatic rings. The predicted molar refractivity (Wildman–Crippen MR) is 45.7 cm³/mol. The maximum absolute atomic E-state index is 10.8. The van der Waals surface area contributed by atoms with Crippen molar-refractivity contribution in [1.82, 2.24) is 0 Å². The number of hydrogen-bond acceptors (Lipinski definition) is 2. The summed E-state index contributed by atoms with van der Waals surface area (Å²) in [5.41, 5.74) is 0.407. The van der Waals surface area contributed by atoms with Gasteiger partial charge in [-0.25, -0.2) is 4.79 Å². The minimum atomic E-state index is -0.371. The molecule has 0 aliphatic rings. The average Bonchev–Trinajstić information content (AvgIpc) is 1.99. The first-order chi connectivity index (χ1) is 5.07. The lowest BCUT2D eigenvalue weighted by Crippen LogP contribution is -2.13. The molecule has 0 aromatic heterocycles. The van der Waals surface area contributed by atoms with E-state index in [9.17, 15) is 4.79 Å². The van der Waals surface area contributed by atoms with Crippen LogP contribution >= 0.6 is 11.6 Å². The molecule has 0 aliphatic heterocycles. The third-order valence-electron chi connectivity index (χ3n) is 1.19. The van der Waals surface area contributed by atoms with Crippen molar-refractivity contribution in [3.8, 4) is 0 Å². The van der Waals surface area contributed by atoms with Crippen LogP contribution < -0.4 is 0 Å². The van der Waals surface area contributed by atoms with Crippen molar-refractivity contribution in [2.75, 3.05) is 6.61 Å². The summed E-state index contributed by atoms with van der Waals surface area (Å²) < 4.78 is 4.79. The monoisotopic (exact) mass is 176 g/mol. The molecule has 11 heavy (non-hydrogen) atoms. The van der Waals surface area contributed by atoms with E-state index in [1.165, 1.54) is 0 Å². The molecule has 1 atom stereocenters. The molecule has 0 bridgehead atoms. The van der Waals surface area contributed by atoms with E-state index in [2.05, 4.69) is 6.58 Å². The van der Waals surface area contributed by atoms with Crippen LogP contribution in [0, 0.1) is 0 Å². The van der Waals surface area contributed by atoms with Crippen LogP contribution in [0.1, 0.15) is 20.3 Å². The number of halogens is 1. The maximum Gasteiger partial charge on any atom is 0.333 e. The van der Waals surface area contributed by atoms with Crippen molar-refractivity contribution in [3.63, 3.8) is 0 Å². The van der Waals surface area contributed by atoms with Crippen LogP contribution in [0.4, 0.5) is 0 Å². The molecule has 0 saturated carbocycles. The molecular weight excluding hydrogens is 164 g/mol. The Labute approximate surface area is 72.2 Å². The van der Waals surface area contributed by atoms with Gasteiger partial charge >= 0.3 is 5.97 Å². The van der Waals surface area contributed by atoms with Crippen LogP contribution in [0.25, 0.3) is 0 Å². The van der Waals surface area contributed by atoms with Gasteiger partial charge in [0.2, 0.25) is 0 Å². The molecule has 0 radical (unpaired) electrons. The predicted octanol–water partition coefficient (Wildman–Crippen LogP) is 2.12. The zero-order valence-electron chi connectivity index (χ0n) is 6.89. The number of hydrogen-bond donors (Lipinski definition) is 0. The van der Waals surface area contributed by atoms with Crippen LogP contribution in [0.3, 0.4) is 0 Å². The normalized spacial score (nSPS) is 12.3. The standard InChI is InChI=1S/C8H13ClO2/c1-4-7(9)5-11-8(10)6(2)3/h7H,2,4-5H2,1,3H3. The van der Waals surface area contributed by atoms with Crippen molar-refractivity contribution < 1.29 is 9.53 Å². The molecule has 0 aliphatic carbocycles. The van der Waals surface area contributed by atoms with Crippen LogP contribution in [0.15, 0.2) is 12.2 Å². The number of carbonyl (C=O) groups excluding carboxylic acids is 1. The van der Waals surface area contributed by atoms with E-state index in [0.29, 0.717) is 5.57 Å². The Balaban J connectivity index is 3.54. The van der Waals surface area contributed by atoms with Gasteiger partial charge in [-0.15, -0.1) is 11.6 Å². The van der Waals surface area contributed by atoms with E-state index >= 15 is 0 Å². The lowest BCUT2D eigenvalue weighted by Gasteiger charge is -2.06. The largest absolute Gasteiger partial charge is 0.461 e. The van der Waals surface area contributed by atoms with Gasteiger partial charge in [0.05, 0.1) is 5.38 Å². The topological polar surface area (TPSA) is 26.3 Å². The molecule has 0 heterocycles. The lowest BCUT2D eigenvalue weighted by atomic mass is 10.3. The second-order valence-electron chi connectivity index (χ2n) is 2.38. The minimum absolute atomic E-state index is 0.0849. The summed E-state index contributed by atoms with van der Waals surface area (Å²) >= 11 is 5.71. The van der Waals surface area contributed by atoms with E-state index in [1.54, 1.807) is 6.92 Å². The quantitative estimate of drug-likeness (QED) is 0.373. The summed E-state index contributed by atoms with van der Waals surface area (Å²) in [7, 11) is 0. The Morgan fingerprint density at radius 2 is 2.27 bits per heavy atom. The van der Waals surface area contributed by atoms with Gasteiger partial charge < -0.3 is 4.74 Å². The fourth-order valence-electron chi connectivity index (χ4n) is 0.407. The molecule has 2 nitrogen and oxygen atoms in total. The Morgan fingerprint density at radius 1 is 1.73 bits per heavy atom. The van der Waals surface area contributed by atoms with Crippen molar-refractivity contribution in [1.29, 1.82) is 0 Å². The molecule has 0 spiro atoms. The summed E-state index contributed by atoms with van der Waals surface area (Å²) in [4.78, 5) is 10.8. The zero-order valence-corrected chi connectivity index (χ0v) is 7.65. The van der Waals surface area contributed by atoms with E-state index in [4.69, 9.17) is 16.3 Å². The summed E-state index contributed by atoms with van der Waals surface area (Å²) in [6.45, 7) is 7.25. The minimum Gasteiger partial charge on any atom is -0.461 e. The summed E-state index contributed by atoms with van der Waals surface area (Å²) in [6, 6.07) is 0. The Morgan fingerprint density at radius 3 is 2.64 bits per heavy atom. The highest BCUT2D eigenvalue weighted by molar-refractivity contribution is 6.20. The molecule has 1 unspecified atom stereocenters. The Bertz CT molecular complexity index is 154. The molecule has 0 N–H and O–H groups in total. The van der Waals surface area contributed by atoms with Crippen molar-refractivity contribution in [2.24, 2.45) is 0 Å². The van der Waals surface area contributed by atoms with E-state index < -0.39 is 0 Å².